The molecule has 0 fully saturated rings. The predicted molar refractivity (Wildman–Crippen MR) is 51.0 cm³/mol. The van der Waals surface area contributed by atoms with E-state index in [2.05, 4.69) is 16.2 Å². The fourth-order valence-electron chi connectivity index (χ4n) is 1.19. The van der Waals surface area contributed by atoms with Crippen LogP contribution in [0.25, 0.3) is 11.3 Å². The first kappa shape index (κ1) is 8.81. The summed E-state index contributed by atoms with van der Waals surface area (Å²) in [5.74, 6) is -0.309. The number of halogens is 1. The lowest BCUT2D eigenvalue weighted by molar-refractivity contribution is 0.616. The number of aromatic nitrogens is 2. The van der Waals surface area contributed by atoms with E-state index >= 15 is 0 Å². The van der Waals surface area contributed by atoms with Gasteiger partial charge in [0, 0.05) is 18.0 Å². The minimum Gasteiger partial charge on any atom is -0.254 e. The van der Waals surface area contributed by atoms with Gasteiger partial charge in [-0.2, -0.15) is 0 Å². The topological polar surface area (TPSA) is 25.8 Å². The Morgan fingerprint density at radius 3 is 2.86 bits per heavy atom. The van der Waals surface area contributed by atoms with Crippen LogP contribution in [0.15, 0.2) is 30.6 Å². The van der Waals surface area contributed by atoms with Crippen LogP contribution in [0.4, 0.5) is 4.39 Å². The van der Waals surface area contributed by atoms with Gasteiger partial charge in [-0.1, -0.05) is 0 Å². The van der Waals surface area contributed by atoms with E-state index in [4.69, 9.17) is 0 Å². The van der Waals surface area contributed by atoms with Gasteiger partial charge in [0.15, 0.2) is 5.82 Å². The van der Waals surface area contributed by atoms with Crippen molar-refractivity contribution in [1.82, 2.24) is 9.97 Å². The number of nitrogens with zero attached hydrogens (tertiary/aromatic N) is 2. The van der Waals surface area contributed by atoms with E-state index in [0.717, 1.165) is 0 Å². The summed E-state index contributed by atoms with van der Waals surface area (Å²) >= 11 is 0. The van der Waals surface area contributed by atoms with Crippen molar-refractivity contribution in [2.45, 2.75) is 6.92 Å². The average molecular weight is 187 g/mol. The van der Waals surface area contributed by atoms with Gasteiger partial charge in [-0.3, -0.25) is 9.97 Å². The van der Waals surface area contributed by atoms with Crippen LogP contribution in [0.5, 0.6) is 0 Å². The molecular formula is C11H8FN2. The lowest BCUT2D eigenvalue weighted by Crippen LogP contribution is -1.92. The number of pyridine rings is 2. The Labute approximate surface area is 81.5 Å². The van der Waals surface area contributed by atoms with Gasteiger partial charge in [0.05, 0.1) is 6.20 Å². The maximum Gasteiger partial charge on any atom is 0.152 e. The van der Waals surface area contributed by atoms with Crippen molar-refractivity contribution < 1.29 is 4.39 Å². The molecule has 0 saturated heterocycles. The van der Waals surface area contributed by atoms with Crippen molar-refractivity contribution in [3.05, 3.63) is 48.2 Å². The molecule has 0 aliphatic heterocycles. The molecule has 0 aliphatic rings. The molecule has 0 amide bonds. The average Bonchev–Trinajstić information content (AvgIpc) is 2.23. The molecular weight excluding hydrogens is 179 g/mol. The lowest BCUT2D eigenvalue weighted by Gasteiger charge is -2.02. The third kappa shape index (κ3) is 1.48. The monoisotopic (exact) mass is 187 g/mol. The first-order chi connectivity index (χ1) is 6.79. The highest BCUT2D eigenvalue weighted by molar-refractivity contribution is 5.58. The highest BCUT2D eigenvalue weighted by atomic mass is 19.1. The summed E-state index contributed by atoms with van der Waals surface area (Å²) in [6, 6.07) is 5.10. The molecule has 2 rings (SSSR count). The summed E-state index contributed by atoms with van der Waals surface area (Å²) in [5.41, 5.74) is 1.46. The van der Waals surface area contributed by atoms with Crippen molar-refractivity contribution in [3.8, 4) is 11.3 Å². The van der Waals surface area contributed by atoms with E-state index < -0.39 is 0 Å². The number of hydrogen-bond acceptors (Lipinski definition) is 2. The second-order valence-electron chi connectivity index (χ2n) is 2.95. The summed E-state index contributed by atoms with van der Waals surface area (Å²) < 4.78 is 13.6. The van der Waals surface area contributed by atoms with E-state index in [1.807, 2.05) is 0 Å². The highest BCUT2D eigenvalue weighted by Crippen LogP contribution is 2.20. The zero-order chi connectivity index (χ0) is 9.97. The van der Waals surface area contributed by atoms with Crippen LogP contribution in [-0.4, -0.2) is 9.97 Å². The van der Waals surface area contributed by atoms with Gasteiger partial charge >= 0.3 is 0 Å². The summed E-state index contributed by atoms with van der Waals surface area (Å²) in [5, 5.41) is 0. The van der Waals surface area contributed by atoms with Crippen molar-refractivity contribution in [1.29, 1.82) is 0 Å². The first-order valence-electron chi connectivity index (χ1n) is 4.23. The highest BCUT2D eigenvalue weighted by Gasteiger charge is 2.08. The van der Waals surface area contributed by atoms with E-state index in [1.165, 1.54) is 0 Å². The van der Waals surface area contributed by atoms with Gasteiger partial charge in [0.1, 0.15) is 5.69 Å². The Morgan fingerprint density at radius 1 is 1.29 bits per heavy atom. The lowest BCUT2D eigenvalue weighted by atomic mass is 10.1. The molecule has 0 N–H and O–H groups in total. The third-order valence-corrected chi connectivity index (χ3v) is 1.95. The fraction of sp³-hybridized carbons (Fsp3) is 0.0909. The van der Waals surface area contributed by atoms with Crippen LogP contribution in [0.3, 0.4) is 0 Å². The Bertz CT molecular complexity index is 440. The standard InChI is InChI=1S/C11H8FN2/c1-8-4-6-14-11(10(8)12)9-3-2-5-13-7-9/h2-6H,1H3. The second kappa shape index (κ2) is 3.54. The van der Waals surface area contributed by atoms with E-state index in [-0.39, 0.29) is 5.82 Å². The van der Waals surface area contributed by atoms with Crippen LogP contribution in [-0.2, 0) is 0 Å². The third-order valence-electron chi connectivity index (χ3n) is 1.95. The number of hydrogen-bond donors (Lipinski definition) is 0. The normalized spacial score (nSPS) is 10.1. The quantitative estimate of drug-likeness (QED) is 0.685. The summed E-state index contributed by atoms with van der Waals surface area (Å²) in [7, 11) is 0. The molecule has 1 radical (unpaired) electrons. The van der Waals surface area contributed by atoms with Crippen molar-refractivity contribution in [2.75, 3.05) is 0 Å². The maximum absolute atomic E-state index is 13.6. The Hall–Kier alpha value is -1.77. The molecule has 0 aromatic carbocycles. The minimum atomic E-state index is -0.309. The van der Waals surface area contributed by atoms with Gasteiger partial charge in [0.2, 0.25) is 0 Å². The number of aryl methyl sites for hydroxylation is 1. The fourth-order valence-corrected chi connectivity index (χ4v) is 1.19. The minimum absolute atomic E-state index is 0.304. The molecule has 2 aromatic rings. The predicted octanol–water partition coefficient (Wildman–Crippen LogP) is 2.39. The largest absolute Gasteiger partial charge is 0.254 e. The van der Waals surface area contributed by atoms with Crippen molar-refractivity contribution in [3.63, 3.8) is 0 Å². The summed E-state index contributed by atoms with van der Waals surface area (Å²) in [4.78, 5) is 7.76. The van der Waals surface area contributed by atoms with Crippen LogP contribution >= 0.6 is 0 Å². The Kier molecular flexibility index (Phi) is 2.23. The SMILES string of the molecule is Cc1ccnc(-c2[c]nccc2)c1F. The molecule has 14 heavy (non-hydrogen) atoms. The molecule has 0 atom stereocenters. The smallest absolute Gasteiger partial charge is 0.152 e. The molecule has 0 unspecified atom stereocenters. The van der Waals surface area contributed by atoms with Crippen LogP contribution < -0.4 is 0 Å². The molecule has 0 spiro atoms. The number of rotatable bonds is 1. The van der Waals surface area contributed by atoms with Crippen LogP contribution in [0, 0.1) is 18.9 Å². The molecule has 2 heterocycles. The van der Waals surface area contributed by atoms with Crippen LogP contribution in [0.2, 0.25) is 0 Å². The zero-order valence-corrected chi connectivity index (χ0v) is 7.66. The van der Waals surface area contributed by atoms with Gasteiger partial charge in [-0.05, 0) is 30.7 Å². The first-order valence-corrected chi connectivity index (χ1v) is 4.23. The summed E-state index contributed by atoms with van der Waals surface area (Å²) in [6.07, 6.45) is 5.87. The molecule has 2 nitrogen and oxygen atoms in total. The molecule has 2 aromatic heterocycles. The molecule has 0 saturated carbocycles. The van der Waals surface area contributed by atoms with E-state index in [1.54, 1.807) is 37.5 Å². The van der Waals surface area contributed by atoms with Crippen LogP contribution in [0.1, 0.15) is 5.56 Å². The maximum atomic E-state index is 13.6. The van der Waals surface area contributed by atoms with Crippen molar-refractivity contribution >= 4 is 0 Å². The molecule has 0 bridgehead atoms. The second-order valence-corrected chi connectivity index (χ2v) is 2.95. The van der Waals surface area contributed by atoms with E-state index in [9.17, 15) is 4.39 Å². The Balaban J connectivity index is 2.58. The molecule has 69 valence electrons. The molecule has 0 aliphatic carbocycles. The van der Waals surface area contributed by atoms with E-state index in [0.29, 0.717) is 16.8 Å². The van der Waals surface area contributed by atoms with Gasteiger partial charge < -0.3 is 0 Å². The molecule has 3 heteroatoms. The van der Waals surface area contributed by atoms with Gasteiger partial charge in [-0.15, -0.1) is 0 Å². The van der Waals surface area contributed by atoms with Gasteiger partial charge in [-0.25, -0.2) is 4.39 Å². The summed E-state index contributed by atoms with van der Waals surface area (Å²) in [6.45, 7) is 1.71. The zero-order valence-electron chi connectivity index (χ0n) is 7.66. The van der Waals surface area contributed by atoms with Gasteiger partial charge in [0.25, 0.3) is 0 Å². The Morgan fingerprint density at radius 2 is 2.14 bits per heavy atom. The van der Waals surface area contributed by atoms with Crippen molar-refractivity contribution in [2.24, 2.45) is 0 Å².